The quantitative estimate of drug-likeness (QED) is 0.731. The van der Waals surface area contributed by atoms with Gasteiger partial charge in [-0.25, -0.2) is 0 Å². The third kappa shape index (κ3) is 4.99. The Morgan fingerprint density at radius 2 is 1.57 bits per heavy atom. The largest absolute Gasteiger partial charge is 0.312 e. The molecule has 0 aromatic carbocycles. The summed E-state index contributed by atoms with van der Waals surface area (Å²) < 4.78 is 0. The fraction of sp³-hybridized carbons (Fsp3) is 1.00. The zero-order chi connectivity index (χ0) is 11.0. The minimum absolute atomic E-state index is 0.287. The molecule has 0 aromatic rings. The monoisotopic (exact) mass is 197 g/mol. The van der Waals surface area contributed by atoms with Gasteiger partial charge in [0.25, 0.3) is 0 Å². The maximum atomic E-state index is 3.60. The van der Waals surface area contributed by atoms with Gasteiger partial charge >= 0.3 is 0 Å². The molecule has 1 aliphatic carbocycles. The average Bonchev–Trinajstić information content (AvgIpc) is 2.58. The molecule has 0 aliphatic heterocycles. The molecular formula is C13H27N. The summed E-state index contributed by atoms with van der Waals surface area (Å²) in [6, 6.07) is 0. The third-order valence-electron chi connectivity index (χ3n) is 2.84. The second kappa shape index (κ2) is 3.84. The molecule has 1 heteroatoms. The van der Waals surface area contributed by atoms with Crippen LogP contribution in [0.5, 0.6) is 0 Å². The number of rotatable bonds is 3. The van der Waals surface area contributed by atoms with Crippen molar-refractivity contribution in [1.29, 1.82) is 0 Å². The predicted octanol–water partition coefficient (Wildman–Crippen LogP) is 3.45. The lowest BCUT2D eigenvalue weighted by Gasteiger charge is -2.21. The van der Waals surface area contributed by atoms with E-state index in [4.69, 9.17) is 0 Å². The van der Waals surface area contributed by atoms with Crippen LogP contribution in [-0.4, -0.2) is 12.1 Å². The molecule has 0 amide bonds. The molecule has 0 spiro atoms. The van der Waals surface area contributed by atoms with E-state index in [1.54, 1.807) is 0 Å². The Hall–Kier alpha value is -0.0400. The summed E-state index contributed by atoms with van der Waals surface area (Å²) in [6.07, 6.45) is 2.84. The van der Waals surface area contributed by atoms with Crippen molar-refractivity contribution in [2.24, 2.45) is 17.3 Å². The van der Waals surface area contributed by atoms with E-state index in [0.717, 1.165) is 11.8 Å². The van der Waals surface area contributed by atoms with Crippen LogP contribution in [0.1, 0.15) is 54.4 Å². The highest BCUT2D eigenvalue weighted by Crippen LogP contribution is 2.45. The molecule has 1 nitrogen and oxygen atoms in total. The van der Waals surface area contributed by atoms with Crippen LogP contribution in [0.15, 0.2) is 0 Å². The van der Waals surface area contributed by atoms with Crippen LogP contribution in [0, 0.1) is 17.3 Å². The van der Waals surface area contributed by atoms with E-state index in [1.807, 2.05) is 0 Å². The lowest BCUT2D eigenvalue weighted by Crippen LogP contribution is -2.37. The first kappa shape index (κ1) is 12.0. The molecule has 14 heavy (non-hydrogen) atoms. The Labute approximate surface area is 89.7 Å². The first-order chi connectivity index (χ1) is 6.17. The van der Waals surface area contributed by atoms with Crippen molar-refractivity contribution in [3.63, 3.8) is 0 Å². The van der Waals surface area contributed by atoms with Crippen molar-refractivity contribution in [2.75, 3.05) is 6.54 Å². The van der Waals surface area contributed by atoms with E-state index < -0.39 is 0 Å². The Bertz CT molecular complexity index is 182. The van der Waals surface area contributed by atoms with Gasteiger partial charge in [-0.2, -0.15) is 0 Å². The summed E-state index contributed by atoms with van der Waals surface area (Å²) >= 11 is 0. The molecule has 1 N–H and O–H groups in total. The summed E-state index contributed by atoms with van der Waals surface area (Å²) in [7, 11) is 0. The molecule has 2 atom stereocenters. The maximum Gasteiger partial charge on any atom is 0.00966 e. The van der Waals surface area contributed by atoms with Crippen molar-refractivity contribution < 1.29 is 0 Å². The van der Waals surface area contributed by atoms with Gasteiger partial charge in [0, 0.05) is 5.54 Å². The van der Waals surface area contributed by atoms with Gasteiger partial charge in [-0.15, -0.1) is 0 Å². The standard InChI is InChI=1S/C13H27N/c1-12(2,3)8-10-7-11(10)9-14-13(4,5)6/h10-11,14H,7-9H2,1-6H3. The van der Waals surface area contributed by atoms with E-state index in [2.05, 4.69) is 46.9 Å². The highest BCUT2D eigenvalue weighted by molar-refractivity contribution is 4.91. The number of hydrogen-bond acceptors (Lipinski definition) is 1. The van der Waals surface area contributed by atoms with Crippen LogP contribution in [0.3, 0.4) is 0 Å². The molecule has 1 saturated carbocycles. The van der Waals surface area contributed by atoms with Crippen molar-refractivity contribution in [3.8, 4) is 0 Å². The van der Waals surface area contributed by atoms with Crippen molar-refractivity contribution >= 4 is 0 Å². The average molecular weight is 197 g/mol. The Kier molecular flexibility index (Phi) is 3.30. The van der Waals surface area contributed by atoms with Crippen LogP contribution < -0.4 is 5.32 Å². The van der Waals surface area contributed by atoms with Gasteiger partial charge in [-0.05, 0) is 57.4 Å². The Morgan fingerprint density at radius 1 is 1.00 bits per heavy atom. The molecular weight excluding hydrogens is 170 g/mol. The lowest BCUT2D eigenvalue weighted by molar-refractivity contribution is 0.335. The van der Waals surface area contributed by atoms with E-state index in [0.29, 0.717) is 5.41 Å². The fourth-order valence-electron chi connectivity index (χ4n) is 2.03. The van der Waals surface area contributed by atoms with Crippen molar-refractivity contribution in [3.05, 3.63) is 0 Å². The SMILES string of the molecule is CC(C)(C)CC1CC1CNC(C)(C)C. The number of hydrogen-bond donors (Lipinski definition) is 1. The molecule has 0 saturated heterocycles. The smallest absolute Gasteiger partial charge is 0.00966 e. The van der Waals surface area contributed by atoms with Crippen LogP contribution in [0.2, 0.25) is 0 Å². The Morgan fingerprint density at radius 3 is 2.00 bits per heavy atom. The maximum absolute atomic E-state index is 3.60. The summed E-state index contributed by atoms with van der Waals surface area (Å²) in [6.45, 7) is 15.0. The van der Waals surface area contributed by atoms with Crippen molar-refractivity contribution in [1.82, 2.24) is 5.32 Å². The minimum Gasteiger partial charge on any atom is -0.312 e. The molecule has 2 unspecified atom stereocenters. The van der Waals surface area contributed by atoms with E-state index >= 15 is 0 Å². The first-order valence-corrected chi connectivity index (χ1v) is 5.92. The molecule has 1 aliphatic rings. The second-order valence-corrected chi connectivity index (χ2v) is 7.15. The van der Waals surface area contributed by atoms with Gasteiger partial charge in [0.1, 0.15) is 0 Å². The first-order valence-electron chi connectivity index (χ1n) is 5.92. The summed E-state index contributed by atoms with van der Waals surface area (Å²) in [5.41, 5.74) is 0.802. The van der Waals surface area contributed by atoms with E-state index in [1.165, 1.54) is 19.4 Å². The molecule has 1 fully saturated rings. The van der Waals surface area contributed by atoms with Gasteiger partial charge in [0.15, 0.2) is 0 Å². The Balaban J connectivity index is 2.15. The predicted molar refractivity (Wildman–Crippen MR) is 63.4 cm³/mol. The lowest BCUT2D eigenvalue weighted by atomic mass is 9.89. The molecule has 0 bridgehead atoms. The van der Waals surface area contributed by atoms with Gasteiger partial charge in [0.2, 0.25) is 0 Å². The zero-order valence-electron chi connectivity index (χ0n) is 10.8. The van der Waals surface area contributed by atoms with Crippen LogP contribution in [0.25, 0.3) is 0 Å². The van der Waals surface area contributed by atoms with Gasteiger partial charge in [-0.3, -0.25) is 0 Å². The van der Waals surface area contributed by atoms with Crippen molar-refractivity contribution in [2.45, 2.75) is 59.9 Å². The topological polar surface area (TPSA) is 12.0 Å². The van der Waals surface area contributed by atoms with E-state index in [9.17, 15) is 0 Å². The number of nitrogens with one attached hydrogen (secondary N) is 1. The molecule has 0 aromatic heterocycles. The normalized spacial score (nSPS) is 27.9. The van der Waals surface area contributed by atoms with E-state index in [-0.39, 0.29) is 5.54 Å². The van der Waals surface area contributed by atoms with Gasteiger partial charge in [-0.1, -0.05) is 20.8 Å². The fourth-order valence-corrected chi connectivity index (χ4v) is 2.03. The summed E-state index contributed by atoms with van der Waals surface area (Å²) in [5.74, 6) is 1.94. The minimum atomic E-state index is 0.287. The second-order valence-electron chi connectivity index (χ2n) is 7.15. The van der Waals surface area contributed by atoms with Crippen LogP contribution >= 0.6 is 0 Å². The van der Waals surface area contributed by atoms with Crippen LogP contribution in [-0.2, 0) is 0 Å². The molecule has 84 valence electrons. The van der Waals surface area contributed by atoms with Gasteiger partial charge < -0.3 is 5.32 Å². The molecule has 0 radical (unpaired) electrons. The highest BCUT2D eigenvalue weighted by atomic mass is 15.0. The zero-order valence-corrected chi connectivity index (χ0v) is 10.8. The van der Waals surface area contributed by atoms with Gasteiger partial charge in [0.05, 0.1) is 0 Å². The highest BCUT2D eigenvalue weighted by Gasteiger charge is 2.39. The summed E-state index contributed by atoms with van der Waals surface area (Å²) in [4.78, 5) is 0. The van der Waals surface area contributed by atoms with Crippen LogP contribution in [0.4, 0.5) is 0 Å². The summed E-state index contributed by atoms with van der Waals surface area (Å²) in [5, 5.41) is 3.60. The third-order valence-corrected chi connectivity index (χ3v) is 2.84. The molecule has 0 heterocycles. The molecule has 1 rings (SSSR count).